The van der Waals surface area contributed by atoms with E-state index >= 15 is 0 Å². The molecule has 1 aromatic heterocycles. The van der Waals surface area contributed by atoms with Gasteiger partial charge in [-0.1, -0.05) is 6.07 Å². The fourth-order valence-electron chi connectivity index (χ4n) is 2.66. The van der Waals surface area contributed by atoms with Crippen LogP contribution in [0.4, 0.5) is 33.3 Å². The molecule has 1 N–H and O–H groups in total. The van der Waals surface area contributed by atoms with Crippen molar-refractivity contribution in [1.29, 1.82) is 0 Å². The number of nitro benzene ring substituents is 1. The number of hydrogen-bond acceptors (Lipinski definition) is 6. The molecule has 0 fully saturated rings. The van der Waals surface area contributed by atoms with Crippen molar-refractivity contribution in [2.24, 2.45) is 0 Å². The Morgan fingerprint density at radius 1 is 1.12 bits per heavy atom. The van der Waals surface area contributed by atoms with Gasteiger partial charge < -0.3 is 14.8 Å². The van der Waals surface area contributed by atoms with E-state index in [9.17, 15) is 36.9 Å². The van der Waals surface area contributed by atoms with Crippen LogP contribution in [0.1, 0.15) is 16.1 Å². The van der Waals surface area contributed by atoms with E-state index in [1.807, 2.05) is 0 Å². The molecule has 34 heavy (non-hydrogen) atoms. The topological polar surface area (TPSA) is 109 Å². The van der Waals surface area contributed by atoms with Gasteiger partial charge in [-0.15, -0.1) is 0 Å². The second-order valence-electron chi connectivity index (χ2n) is 6.67. The first-order valence-electron chi connectivity index (χ1n) is 9.36. The van der Waals surface area contributed by atoms with Crippen molar-refractivity contribution in [1.82, 2.24) is 9.78 Å². The maximum absolute atomic E-state index is 12.8. The molecule has 9 nitrogen and oxygen atoms in total. The van der Waals surface area contributed by atoms with Gasteiger partial charge in [-0.25, -0.2) is 13.5 Å². The third kappa shape index (κ3) is 6.63. The molecule has 0 spiro atoms. The number of nitro groups is 1. The molecule has 1 heterocycles. The number of nitrogens with one attached hydrogen (secondary N) is 1. The van der Waals surface area contributed by atoms with Crippen LogP contribution in [0, 0.1) is 10.1 Å². The Labute approximate surface area is 187 Å². The fourth-order valence-corrected chi connectivity index (χ4v) is 2.66. The summed E-state index contributed by atoms with van der Waals surface area (Å²) in [5.41, 5.74) is -1.63. The number of anilines is 1. The highest BCUT2D eigenvalue weighted by Gasteiger charge is 2.30. The Hall–Kier alpha value is -4.23. The van der Waals surface area contributed by atoms with Crippen LogP contribution in [0.3, 0.4) is 0 Å². The van der Waals surface area contributed by atoms with Crippen LogP contribution in [0.15, 0.2) is 54.7 Å². The number of amides is 1. The first-order valence-corrected chi connectivity index (χ1v) is 9.36. The Bertz CT molecular complexity index is 1180. The van der Waals surface area contributed by atoms with Crippen LogP contribution in [0.2, 0.25) is 0 Å². The number of non-ortho nitro benzene ring substituents is 1. The van der Waals surface area contributed by atoms with Crippen molar-refractivity contribution in [3.05, 3.63) is 76.1 Å². The van der Waals surface area contributed by atoms with E-state index in [0.29, 0.717) is 0 Å². The summed E-state index contributed by atoms with van der Waals surface area (Å²) < 4.78 is 74.2. The lowest BCUT2D eigenvalue weighted by Crippen LogP contribution is -2.15. The molecule has 3 aromatic rings. The summed E-state index contributed by atoms with van der Waals surface area (Å²) in [6.07, 6.45) is -6.01. The molecule has 0 bridgehead atoms. The monoisotopic (exact) mass is 486 g/mol. The molecule has 0 aliphatic rings. The maximum Gasteiger partial charge on any atom is 0.416 e. The molecular weight excluding hydrogens is 471 g/mol. The first-order chi connectivity index (χ1) is 16.0. The van der Waals surface area contributed by atoms with E-state index in [1.54, 1.807) is 0 Å². The maximum atomic E-state index is 12.8. The standard InChI is InChI=1S/C20H15F5N4O5/c21-18(22)10-33-16-8-13(7-14(9-16)29(31)32)26-19(30)17-4-5-28(27-17)11-34-15-3-1-2-12(6-15)20(23,24)25/h1-9,18H,10-11H2,(H,26,30). The highest BCUT2D eigenvalue weighted by Crippen LogP contribution is 2.31. The minimum absolute atomic E-state index is 0.0655. The molecule has 0 unspecified atom stereocenters. The predicted molar refractivity (Wildman–Crippen MR) is 107 cm³/mol. The molecule has 14 heteroatoms. The highest BCUT2D eigenvalue weighted by molar-refractivity contribution is 6.03. The molecule has 0 radical (unpaired) electrons. The van der Waals surface area contributed by atoms with Gasteiger partial charge in [-0.05, 0) is 24.3 Å². The largest absolute Gasteiger partial charge is 0.487 e. The van der Waals surface area contributed by atoms with Gasteiger partial charge in [0, 0.05) is 18.3 Å². The van der Waals surface area contributed by atoms with Gasteiger partial charge in [-0.2, -0.15) is 18.3 Å². The van der Waals surface area contributed by atoms with Crippen molar-refractivity contribution >= 4 is 17.3 Å². The molecule has 180 valence electrons. The fraction of sp³-hybridized carbons (Fsp3) is 0.200. The minimum Gasteiger partial charge on any atom is -0.487 e. The molecule has 2 aromatic carbocycles. The normalized spacial score (nSPS) is 11.4. The van der Waals surface area contributed by atoms with E-state index in [-0.39, 0.29) is 29.6 Å². The number of halogens is 5. The van der Waals surface area contributed by atoms with E-state index in [1.165, 1.54) is 24.4 Å². The summed E-state index contributed by atoms with van der Waals surface area (Å²) in [5.74, 6) is -1.10. The van der Waals surface area contributed by atoms with Gasteiger partial charge in [0.05, 0.1) is 22.2 Å². The van der Waals surface area contributed by atoms with Gasteiger partial charge in [0.1, 0.15) is 18.1 Å². The zero-order valence-electron chi connectivity index (χ0n) is 17.0. The quantitative estimate of drug-likeness (QED) is 0.266. The second-order valence-corrected chi connectivity index (χ2v) is 6.67. The van der Waals surface area contributed by atoms with Crippen molar-refractivity contribution in [3.8, 4) is 11.5 Å². The van der Waals surface area contributed by atoms with Gasteiger partial charge in [0.25, 0.3) is 18.0 Å². The Morgan fingerprint density at radius 2 is 1.88 bits per heavy atom. The number of ether oxygens (including phenoxy) is 2. The van der Waals surface area contributed by atoms with Crippen molar-refractivity contribution < 1.29 is 41.1 Å². The Morgan fingerprint density at radius 3 is 2.56 bits per heavy atom. The zero-order chi connectivity index (χ0) is 24.9. The lowest BCUT2D eigenvalue weighted by atomic mass is 10.2. The van der Waals surface area contributed by atoms with E-state index in [4.69, 9.17) is 9.47 Å². The van der Waals surface area contributed by atoms with Gasteiger partial charge >= 0.3 is 6.18 Å². The van der Waals surface area contributed by atoms with Crippen LogP contribution in [0.5, 0.6) is 11.5 Å². The number of benzene rings is 2. The van der Waals surface area contributed by atoms with Crippen LogP contribution >= 0.6 is 0 Å². The second kappa shape index (κ2) is 10.1. The number of alkyl halides is 5. The summed E-state index contributed by atoms with van der Waals surface area (Å²) in [7, 11) is 0. The minimum atomic E-state index is -4.53. The van der Waals surface area contributed by atoms with Crippen molar-refractivity contribution in [2.45, 2.75) is 19.3 Å². The highest BCUT2D eigenvalue weighted by atomic mass is 19.4. The van der Waals surface area contributed by atoms with Crippen LogP contribution in [-0.4, -0.2) is 33.6 Å². The molecule has 0 saturated heterocycles. The lowest BCUT2D eigenvalue weighted by molar-refractivity contribution is -0.384. The molecule has 0 saturated carbocycles. The number of nitrogens with zero attached hydrogens (tertiary/aromatic N) is 3. The lowest BCUT2D eigenvalue weighted by Gasteiger charge is -2.10. The SMILES string of the molecule is O=C(Nc1cc(OCC(F)F)cc([N+](=O)[O-])c1)c1ccn(COc2cccc(C(F)(F)F)c2)n1. The number of carbonyl (C=O) groups is 1. The Kier molecular flexibility index (Phi) is 7.28. The number of hydrogen-bond donors (Lipinski definition) is 1. The number of carbonyl (C=O) groups excluding carboxylic acids is 1. The average Bonchev–Trinajstić information content (AvgIpc) is 3.25. The molecule has 0 atom stereocenters. The number of aromatic nitrogens is 2. The summed E-state index contributed by atoms with van der Waals surface area (Å²) in [4.78, 5) is 22.7. The predicted octanol–water partition coefficient (Wildman–Crippen LogP) is 4.74. The molecule has 3 rings (SSSR count). The van der Waals surface area contributed by atoms with Crippen molar-refractivity contribution in [3.63, 3.8) is 0 Å². The van der Waals surface area contributed by atoms with Gasteiger partial charge in [0.2, 0.25) is 0 Å². The summed E-state index contributed by atoms with van der Waals surface area (Å²) in [6, 6.07) is 8.53. The number of rotatable bonds is 9. The first kappa shape index (κ1) is 24.4. The molecular formula is C20H15F5N4O5. The summed E-state index contributed by atoms with van der Waals surface area (Å²) >= 11 is 0. The van der Waals surface area contributed by atoms with Gasteiger partial charge in [0.15, 0.2) is 12.4 Å². The van der Waals surface area contributed by atoms with Crippen molar-refractivity contribution in [2.75, 3.05) is 11.9 Å². The summed E-state index contributed by atoms with van der Waals surface area (Å²) in [5, 5.41) is 17.3. The van der Waals surface area contributed by atoms with Crippen LogP contribution < -0.4 is 14.8 Å². The summed E-state index contributed by atoms with van der Waals surface area (Å²) in [6.45, 7) is -1.30. The third-order valence-electron chi connectivity index (χ3n) is 4.13. The Balaban J connectivity index is 1.67. The van der Waals surface area contributed by atoms with E-state index < -0.39 is 41.3 Å². The van der Waals surface area contributed by atoms with Crippen LogP contribution in [-0.2, 0) is 12.9 Å². The smallest absolute Gasteiger partial charge is 0.416 e. The van der Waals surface area contributed by atoms with Gasteiger partial charge in [-0.3, -0.25) is 14.9 Å². The third-order valence-corrected chi connectivity index (χ3v) is 4.13. The van der Waals surface area contributed by atoms with E-state index in [2.05, 4.69) is 10.4 Å². The van der Waals surface area contributed by atoms with Crippen LogP contribution in [0.25, 0.3) is 0 Å². The average molecular weight is 486 g/mol. The molecule has 0 aliphatic carbocycles. The van der Waals surface area contributed by atoms with E-state index in [0.717, 1.165) is 35.0 Å². The zero-order valence-corrected chi connectivity index (χ0v) is 17.0. The molecule has 0 aliphatic heterocycles. The molecule has 1 amide bonds.